The standard InChI is InChI=1S/C17H36N2/c1-6-7-8-12-19(14(2)3)17(13-18)11-9-10-15(4)16(17)5/h14-16H,6-13,18H2,1-5H3. The van der Waals surface area contributed by atoms with Gasteiger partial charge in [-0.2, -0.15) is 0 Å². The predicted molar refractivity (Wildman–Crippen MR) is 85.3 cm³/mol. The first kappa shape index (κ1) is 17.0. The molecule has 0 amide bonds. The first-order chi connectivity index (χ1) is 8.99. The fraction of sp³-hybridized carbons (Fsp3) is 1.00. The molecule has 1 rings (SSSR count). The molecule has 2 heteroatoms. The Labute approximate surface area is 121 Å². The van der Waals surface area contributed by atoms with E-state index >= 15 is 0 Å². The zero-order valence-electron chi connectivity index (χ0n) is 13.9. The van der Waals surface area contributed by atoms with Crippen molar-refractivity contribution >= 4 is 0 Å². The van der Waals surface area contributed by atoms with Gasteiger partial charge in [0.25, 0.3) is 0 Å². The SMILES string of the molecule is CCCCCN(C(C)C)C1(CN)CCCC(C)C1C. The lowest BCUT2D eigenvalue weighted by Gasteiger charge is -2.54. The van der Waals surface area contributed by atoms with Crippen LogP contribution in [0.4, 0.5) is 0 Å². The normalized spacial score (nSPS) is 32.2. The third-order valence-electron chi connectivity index (χ3n) is 5.52. The lowest BCUT2D eigenvalue weighted by molar-refractivity contribution is -0.0309. The first-order valence-electron chi connectivity index (χ1n) is 8.46. The van der Waals surface area contributed by atoms with Gasteiger partial charge < -0.3 is 5.73 Å². The van der Waals surface area contributed by atoms with Crippen LogP contribution < -0.4 is 5.73 Å². The quantitative estimate of drug-likeness (QED) is 0.706. The molecule has 0 aromatic heterocycles. The Morgan fingerprint density at radius 2 is 1.95 bits per heavy atom. The van der Waals surface area contributed by atoms with Gasteiger partial charge in [0, 0.05) is 18.1 Å². The van der Waals surface area contributed by atoms with Crippen molar-refractivity contribution in [2.75, 3.05) is 13.1 Å². The molecule has 0 aromatic carbocycles. The predicted octanol–water partition coefficient (Wildman–Crippen LogP) is 4.04. The largest absolute Gasteiger partial charge is 0.329 e. The van der Waals surface area contributed by atoms with E-state index in [1.807, 2.05) is 0 Å². The number of hydrogen-bond acceptors (Lipinski definition) is 2. The number of nitrogens with two attached hydrogens (primary N) is 1. The molecule has 3 atom stereocenters. The highest BCUT2D eigenvalue weighted by Crippen LogP contribution is 2.42. The minimum atomic E-state index is 0.250. The third-order valence-corrected chi connectivity index (χ3v) is 5.52. The molecule has 0 aromatic rings. The Balaban J connectivity index is 2.87. The molecule has 0 radical (unpaired) electrons. The molecule has 0 heterocycles. The summed E-state index contributed by atoms with van der Waals surface area (Å²) in [7, 11) is 0. The fourth-order valence-electron chi connectivity index (χ4n) is 4.08. The van der Waals surface area contributed by atoms with Gasteiger partial charge in [-0.3, -0.25) is 4.90 Å². The lowest BCUT2D eigenvalue weighted by atomic mass is 9.67. The molecule has 1 aliphatic carbocycles. The summed E-state index contributed by atoms with van der Waals surface area (Å²) in [6.07, 6.45) is 7.97. The Morgan fingerprint density at radius 1 is 1.26 bits per heavy atom. The van der Waals surface area contributed by atoms with Crippen molar-refractivity contribution in [1.82, 2.24) is 4.90 Å². The number of rotatable bonds is 7. The zero-order chi connectivity index (χ0) is 14.5. The highest BCUT2D eigenvalue weighted by Gasteiger charge is 2.45. The van der Waals surface area contributed by atoms with Crippen LogP contribution in [0.1, 0.15) is 73.1 Å². The van der Waals surface area contributed by atoms with Crippen molar-refractivity contribution in [3.63, 3.8) is 0 Å². The molecule has 0 spiro atoms. The van der Waals surface area contributed by atoms with Crippen molar-refractivity contribution in [2.45, 2.75) is 84.7 Å². The average molecular weight is 268 g/mol. The van der Waals surface area contributed by atoms with Gasteiger partial charge in [-0.1, -0.05) is 46.5 Å². The minimum absolute atomic E-state index is 0.250. The van der Waals surface area contributed by atoms with Gasteiger partial charge in [0.05, 0.1) is 0 Å². The average Bonchev–Trinajstić information content (AvgIpc) is 2.38. The molecule has 1 fully saturated rings. The van der Waals surface area contributed by atoms with Gasteiger partial charge in [-0.05, 0) is 45.1 Å². The van der Waals surface area contributed by atoms with Gasteiger partial charge in [0.2, 0.25) is 0 Å². The van der Waals surface area contributed by atoms with E-state index < -0.39 is 0 Å². The summed E-state index contributed by atoms with van der Waals surface area (Å²) in [5.74, 6) is 1.53. The Hall–Kier alpha value is -0.0800. The molecule has 0 aliphatic heterocycles. The second-order valence-electron chi connectivity index (χ2n) is 6.96. The van der Waals surface area contributed by atoms with E-state index in [4.69, 9.17) is 5.73 Å². The number of nitrogens with zero attached hydrogens (tertiary/aromatic N) is 1. The van der Waals surface area contributed by atoms with Crippen LogP contribution >= 0.6 is 0 Å². The maximum Gasteiger partial charge on any atom is 0.0362 e. The van der Waals surface area contributed by atoms with E-state index in [1.165, 1.54) is 45.1 Å². The van der Waals surface area contributed by atoms with Crippen molar-refractivity contribution in [2.24, 2.45) is 17.6 Å². The summed E-state index contributed by atoms with van der Waals surface area (Å²) in [4.78, 5) is 2.74. The molecular weight excluding hydrogens is 232 g/mol. The topological polar surface area (TPSA) is 29.3 Å². The summed E-state index contributed by atoms with van der Waals surface area (Å²) in [6, 6.07) is 0.605. The van der Waals surface area contributed by atoms with Crippen molar-refractivity contribution < 1.29 is 0 Å². The fourth-order valence-corrected chi connectivity index (χ4v) is 4.08. The highest BCUT2D eigenvalue weighted by atomic mass is 15.2. The summed E-state index contributed by atoms with van der Waals surface area (Å²) in [5, 5.41) is 0. The van der Waals surface area contributed by atoms with Gasteiger partial charge in [0.15, 0.2) is 0 Å². The monoisotopic (exact) mass is 268 g/mol. The van der Waals surface area contributed by atoms with E-state index in [0.29, 0.717) is 6.04 Å². The zero-order valence-corrected chi connectivity index (χ0v) is 13.9. The van der Waals surface area contributed by atoms with Gasteiger partial charge in [-0.25, -0.2) is 0 Å². The van der Waals surface area contributed by atoms with Gasteiger partial charge in [-0.15, -0.1) is 0 Å². The first-order valence-corrected chi connectivity index (χ1v) is 8.46. The summed E-state index contributed by atoms with van der Waals surface area (Å²) < 4.78 is 0. The minimum Gasteiger partial charge on any atom is -0.329 e. The lowest BCUT2D eigenvalue weighted by Crippen LogP contribution is -2.63. The van der Waals surface area contributed by atoms with Crippen LogP contribution in [0.2, 0.25) is 0 Å². The maximum atomic E-state index is 6.29. The maximum absolute atomic E-state index is 6.29. The summed E-state index contributed by atoms with van der Waals surface area (Å²) in [6.45, 7) is 13.9. The molecule has 1 aliphatic rings. The molecule has 0 saturated heterocycles. The molecule has 2 nitrogen and oxygen atoms in total. The van der Waals surface area contributed by atoms with E-state index in [9.17, 15) is 0 Å². The van der Waals surface area contributed by atoms with Crippen molar-refractivity contribution in [3.8, 4) is 0 Å². The van der Waals surface area contributed by atoms with Crippen LogP contribution in [-0.2, 0) is 0 Å². The van der Waals surface area contributed by atoms with E-state index in [-0.39, 0.29) is 5.54 Å². The van der Waals surface area contributed by atoms with Crippen LogP contribution in [0, 0.1) is 11.8 Å². The van der Waals surface area contributed by atoms with Crippen LogP contribution in [0.15, 0.2) is 0 Å². The summed E-state index contributed by atoms with van der Waals surface area (Å²) in [5.41, 5.74) is 6.54. The van der Waals surface area contributed by atoms with Crippen molar-refractivity contribution in [3.05, 3.63) is 0 Å². The van der Waals surface area contributed by atoms with E-state index in [2.05, 4.69) is 39.5 Å². The Morgan fingerprint density at radius 3 is 2.47 bits per heavy atom. The Bertz CT molecular complexity index is 252. The highest BCUT2D eigenvalue weighted by molar-refractivity contribution is 5.01. The number of hydrogen-bond donors (Lipinski definition) is 1. The molecule has 1 saturated carbocycles. The van der Waals surface area contributed by atoms with Crippen LogP contribution in [-0.4, -0.2) is 29.6 Å². The van der Waals surface area contributed by atoms with Gasteiger partial charge >= 0.3 is 0 Å². The molecule has 3 unspecified atom stereocenters. The van der Waals surface area contributed by atoms with Gasteiger partial charge in [0.1, 0.15) is 0 Å². The Kier molecular flexibility index (Phi) is 6.82. The third kappa shape index (κ3) is 3.72. The smallest absolute Gasteiger partial charge is 0.0362 e. The summed E-state index contributed by atoms with van der Waals surface area (Å²) >= 11 is 0. The van der Waals surface area contributed by atoms with Crippen molar-refractivity contribution in [1.29, 1.82) is 0 Å². The number of unbranched alkanes of at least 4 members (excludes halogenated alkanes) is 2. The second-order valence-corrected chi connectivity index (χ2v) is 6.96. The molecule has 2 N–H and O–H groups in total. The van der Waals surface area contributed by atoms with E-state index in [1.54, 1.807) is 0 Å². The molecule has 0 bridgehead atoms. The van der Waals surface area contributed by atoms with Crippen LogP contribution in [0.5, 0.6) is 0 Å². The molecular formula is C17H36N2. The molecule has 19 heavy (non-hydrogen) atoms. The second kappa shape index (κ2) is 7.64. The van der Waals surface area contributed by atoms with Crippen LogP contribution in [0.25, 0.3) is 0 Å². The van der Waals surface area contributed by atoms with Crippen LogP contribution in [0.3, 0.4) is 0 Å². The molecule has 114 valence electrons. The van der Waals surface area contributed by atoms with E-state index in [0.717, 1.165) is 18.4 Å².